The largest absolute Gasteiger partial charge is 0.0776 e. The third-order valence-electron chi connectivity index (χ3n) is 2.22. The summed E-state index contributed by atoms with van der Waals surface area (Å²) in [5.74, 6) is 0. The number of allylic oxidation sites excluding steroid dienone is 1. The van der Waals surface area contributed by atoms with Gasteiger partial charge in [-0.2, -0.15) is 0 Å². The van der Waals surface area contributed by atoms with Crippen LogP contribution in [0.2, 0.25) is 0 Å². The molecule has 0 aliphatic heterocycles. The standard InChI is InChI=1S/C12H13/c1-12(2)8-7-10-5-3-4-6-11(10)9-12/h3-9H,1-2H3. The Labute approximate surface area is 73.9 Å². The van der Waals surface area contributed by atoms with Gasteiger partial charge in [0.25, 0.3) is 0 Å². The van der Waals surface area contributed by atoms with E-state index < -0.39 is 0 Å². The van der Waals surface area contributed by atoms with Crippen molar-refractivity contribution in [3.63, 3.8) is 0 Å². The van der Waals surface area contributed by atoms with Gasteiger partial charge in [-0.3, -0.25) is 0 Å². The molecule has 1 aliphatic carbocycles. The molecule has 0 aromatic heterocycles. The summed E-state index contributed by atoms with van der Waals surface area (Å²) in [7, 11) is 0. The van der Waals surface area contributed by atoms with E-state index in [0.29, 0.717) is 0 Å². The van der Waals surface area contributed by atoms with E-state index in [4.69, 9.17) is 0 Å². The van der Waals surface area contributed by atoms with E-state index in [1.165, 1.54) is 11.1 Å². The van der Waals surface area contributed by atoms with Crippen LogP contribution in [0.3, 0.4) is 0 Å². The lowest BCUT2D eigenvalue weighted by molar-refractivity contribution is 0.581. The van der Waals surface area contributed by atoms with Gasteiger partial charge in [-0.05, 0) is 16.5 Å². The van der Waals surface area contributed by atoms with Crippen LogP contribution >= 0.6 is 0 Å². The van der Waals surface area contributed by atoms with Crippen molar-refractivity contribution in [3.8, 4) is 0 Å². The summed E-state index contributed by atoms with van der Waals surface area (Å²) < 4.78 is 0. The Morgan fingerprint density at radius 3 is 2.42 bits per heavy atom. The monoisotopic (exact) mass is 157 g/mol. The Bertz CT molecular complexity index is 319. The van der Waals surface area contributed by atoms with Gasteiger partial charge in [-0.1, -0.05) is 50.3 Å². The lowest BCUT2D eigenvalue weighted by Crippen LogP contribution is -2.12. The summed E-state index contributed by atoms with van der Waals surface area (Å²) in [6.45, 7) is 4.44. The molecule has 2 rings (SSSR count). The van der Waals surface area contributed by atoms with Crippen molar-refractivity contribution in [1.82, 2.24) is 0 Å². The van der Waals surface area contributed by atoms with Gasteiger partial charge >= 0.3 is 0 Å². The summed E-state index contributed by atoms with van der Waals surface area (Å²) in [6, 6.07) is 8.48. The van der Waals surface area contributed by atoms with Crippen LogP contribution in [0.25, 0.3) is 6.08 Å². The Balaban J connectivity index is 2.46. The zero-order chi connectivity index (χ0) is 8.60. The molecule has 0 amide bonds. The van der Waals surface area contributed by atoms with Crippen molar-refractivity contribution in [1.29, 1.82) is 0 Å². The second-order valence-corrected chi connectivity index (χ2v) is 3.93. The van der Waals surface area contributed by atoms with Gasteiger partial charge in [0.1, 0.15) is 0 Å². The molecule has 61 valence electrons. The van der Waals surface area contributed by atoms with E-state index >= 15 is 0 Å². The maximum absolute atomic E-state index is 2.31. The minimum atomic E-state index is 0.217. The molecule has 1 aromatic rings. The van der Waals surface area contributed by atoms with Crippen molar-refractivity contribution < 1.29 is 0 Å². The fraction of sp³-hybridized carbons (Fsp3) is 0.250. The zero-order valence-electron chi connectivity index (χ0n) is 7.54. The fourth-order valence-corrected chi connectivity index (χ4v) is 1.55. The van der Waals surface area contributed by atoms with Crippen LogP contribution in [0.4, 0.5) is 0 Å². The molecule has 0 saturated carbocycles. The van der Waals surface area contributed by atoms with Crippen LogP contribution in [-0.2, 0) is 0 Å². The third kappa shape index (κ3) is 1.29. The van der Waals surface area contributed by atoms with Gasteiger partial charge in [0.05, 0.1) is 0 Å². The van der Waals surface area contributed by atoms with Crippen LogP contribution in [-0.4, -0.2) is 0 Å². The van der Waals surface area contributed by atoms with Gasteiger partial charge < -0.3 is 0 Å². The highest BCUT2D eigenvalue weighted by atomic mass is 14.2. The summed E-state index contributed by atoms with van der Waals surface area (Å²) >= 11 is 0. The fourth-order valence-electron chi connectivity index (χ4n) is 1.55. The van der Waals surface area contributed by atoms with Crippen molar-refractivity contribution >= 4 is 6.08 Å². The van der Waals surface area contributed by atoms with E-state index in [0.717, 1.165) is 0 Å². The van der Waals surface area contributed by atoms with Crippen molar-refractivity contribution in [2.24, 2.45) is 5.41 Å². The lowest BCUT2D eigenvalue weighted by atomic mass is 9.80. The predicted octanol–water partition coefficient (Wildman–Crippen LogP) is 3.29. The Morgan fingerprint density at radius 2 is 1.67 bits per heavy atom. The molecule has 1 aromatic carbocycles. The van der Waals surface area contributed by atoms with Gasteiger partial charge in [0.15, 0.2) is 0 Å². The van der Waals surface area contributed by atoms with E-state index in [2.05, 4.69) is 56.7 Å². The number of hydrogen-bond acceptors (Lipinski definition) is 0. The highest BCUT2D eigenvalue weighted by molar-refractivity contribution is 5.60. The smallest absolute Gasteiger partial charge is 0.000720 e. The quantitative estimate of drug-likeness (QED) is 0.542. The summed E-state index contributed by atoms with van der Waals surface area (Å²) in [6.07, 6.45) is 6.76. The molecule has 0 bridgehead atoms. The maximum Gasteiger partial charge on any atom is 0.000720 e. The normalized spacial score (nSPS) is 18.8. The van der Waals surface area contributed by atoms with E-state index in [9.17, 15) is 0 Å². The molecule has 0 unspecified atom stereocenters. The SMILES string of the molecule is CC1(C)[CH]c2ccccc2C=C1. The average molecular weight is 157 g/mol. The minimum Gasteiger partial charge on any atom is -0.0776 e. The number of hydrogen-bond donors (Lipinski definition) is 0. The van der Waals surface area contributed by atoms with Gasteiger partial charge in [0, 0.05) is 6.42 Å². The van der Waals surface area contributed by atoms with Crippen LogP contribution < -0.4 is 0 Å². The Morgan fingerprint density at radius 1 is 1.00 bits per heavy atom. The molecular formula is C12H13. The van der Waals surface area contributed by atoms with E-state index in [1.807, 2.05) is 0 Å². The Hall–Kier alpha value is -1.04. The molecule has 12 heavy (non-hydrogen) atoms. The molecule has 0 heteroatoms. The Kier molecular flexibility index (Phi) is 1.57. The molecule has 1 aliphatic rings. The second kappa shape index (κ2) is 2.48. The molecule has 0 nitrogen and oxygen atoms in total. The van der Waals surface area contributed by atoms with E-state index in [-0.39, 0.29) is 5.41 Å². The first-order valence-corrected chi connectivity index (χ1v) is 4.32. The first-order valence-electron chi connectivity index (χ1n) is 4.32. The van der Waals surface area contributed by atoms with Crippen LogP contribution in [0, 0.1) is 11.8 Å². The predicted molar refractivity (Wildman–Crippen MR) is 52.7 cm³/mol. The summed E-state index contributed by atoms with van der Waals surface area (Å²) in [5.41, 5.74) is 2.90. The molecule has 0 atom stereocenters. The van der Waals surface area contributed by atoms with Crippen molar-refractivity contribution in [2.75, 3.05) is 0 Å². The number of benzene rings is 1. The van der Waals surface area contributed by atoms with Crippen molar-refractivity contribution in [3.05, 3.63) is 47.9 Å². The topological polar surface area (TPSA) is 0 Å². The van der Waals surface area contributed by atoms with Crippen molar-refractivity contribution in [2.45, 2.75) is 13.8 Å². The molecule has 0 saturated heterocycles. The zero-order valence-corrected chi connectivity index (χ0v) is 7.54. The first kappa shape index (κ1) is 7.60. The van der Waals surface area contributed by atoms with E-state index in [1.54, 1.807) is 0 Å². The van der Waals surface area contributed by atoms with Gasteiger partial charge in [-0.15, -0.1) is 0 Å². The number of rotatable bonds is 0. The molecule has 0 fully saturated rings. The molecule has 0 spiro atoms. The highest BCUT2D eigenvalue weighted by Gasteiger charge is 2.19. The lowest BCUT2D eigenvalue weighted by Gasteiger charge is -2.25. The first-order chi connectivity index (χ1) is 5.67. The third-order valence-corrected chi connectivity index (χ3v) is 2.22. The van der Waals surface area contributed by atoms with Crippen LogP contribution in [0.15, 0.2) is 30.3 Å². The molecular weight excluding hydrogens is 144 g/mol. The number of fused-ring (bicyclic) bond motifs is 1. The summed E-state index contributed by atoms with van der Waals surface area (Å²) in [5, 5.41) is 0. The van der Waals surface area contributed by atoms with Crippen LogP contribution in [0.1, 0.15) is 25.0 Å². The molecule has 0 heterocycles. The molecule has 0 N–H and O–H groups in total. The van der Waals surface area contributed by atoms with Gasteiger partial charge in [-0.25, -0.2) is 0 Å². The second-order valence-electron chi connectivity index (χ2n) is 3.93. The minimum absolute atomic E-state index is 0.217. The highest BCUT2D eigenvalue weighted by Crippen LogP contribution is 2.32. The summed E-state index contributed by atoms with van der Waals surface area (Å²) in [4.78, 5) is 0. The average Bonchev–Trinajstić information content (AvgIpc) is 2.02. The molecule has 1 radical (unpaired) electrons. The maximum atomic E-state index is 2.31. The van der Waals surface area contributed by atoms with Gasteiger partial charge in [0.2, 0.25) is 0 Å². The van der Waals surface area contributed by atoms with Crippen LogP contribution in [0.5, 0.6) is 0 Å².